The van der Waals surface area contributed by atoms with Gasteiger partial charge in [-0.2, -0.15) is 0 Å². The van der Waals surface area contributed by atoms with Gasteiger partial charge in [-0.3, -0.25) is 14.6 Å². The van der Waals surface area contributed by atoms with Crippen LogP contribution in [0.5, 0.6) is 0 Å². The number of hydrogen-bond donors (Lipinski definition) is 1. The van der Waals surface area contributed by atoms with Crippen LogP contribution >= 0.6 is 11.8 Å². The zero-order valence-electron chi connectivity index (χ0n) is 13.0. The molecule has 0 aromatic heterocycles. The number of rotatable bonds is 7. The number of carbonyl (C=O) groups excluding carboxylic acids is 1. The van der Waals surface area contributed by atoms with E-state index >= 15 is 0 Å². The van der Waals surface area contributed by atoms with Crippen LogP contribution < -0.4 is 5.32 Å². The molecule has 1 aliphatic heterocycles. The van der Waals surface area contributed by atoms with Gasteiger partial charge in [0.2, 0.25) is 5.91 Å². The Hall–Kier alpha value is -1.04. The maximum Gasteiger partial charge on any atom is 0.234 e. The Balaban J connectivity index is 1.29. The van der Waals surface area contributed by atoms with E-state index < -0.39 is 0 Å². The third-order valence-electron chi connectivity index (χ3n) is 4.19. The summed E-state index contributed by atoms with van der Waals surface area (Å²) in [6.07, 6.45) is 2.33. The standard InChI is InChI=1S/C17H25N3OS/c21-17(18-15-6-7-15)14-20-10-8-19(9-11-20)12-13-22-16-4-2-1-3-5-16/h1-5,15H,6-14H2,(H,18,21). The molecule has 0 radical (unpaired) electrons. The van der Waals surface area contributed by atoms with Crippen molar-refractivity contribution in [3.05, 3.63) is 30.3 Å². The molecule has 1 aromatic rings. The van der Waals surface area contributed by atoms with Crippen molar-refractivity contribution in [3.8, 4) is 0 Å². The summed E-state index contributed by atoms with van der Waals surface area (Å²) in [5, 5.41) is 3.07. The summed E-state index contributed by atoms with van der Waals surface area (Å²) < 4.78 is 0. The lowest BCUT2D eigenvalue weighted by Gasteiger charge is -2.34. The second kappa shape index (κ2) is 7.99. The van der Waals surface area contributed by atoms with Gasteiger partial charge in [-0.05, 0) is 25.0 Å². The van der Waals surface area contributed by atoms with Crippen molar-refractivity contribution in [3.63, 3.8) is 0 Å². The van der Waals surface area contributed by atoms with Crippen molar-refractivity contribution in [2.75, 3.05) is 45.0 Å². The summed E-state index contributed by atoms with van der Waals surface area (Å²) in [5.41, 5.74) is 0. The zero-order chi connectivity index (χ0) is 15.2. The number of hydrogen-bond acceptors (Lipinski definition) is 4. The molecule has 1 heterocycles. The van der Waals surface area contributed by atoms with Gasteiger partial charge in [0.15, 0.2) is 0 Å². The van der Waals surface area contributed by atoms with Gasteiger partial charge >= 0.3 is 0 Å². The quantitative estimate of drug-likeness (QED) is 0.776. The number of nitrogens with one attached hydrogen (secondary N) is 1. The van der Waals surface area contributed by atoms with Gasteiger partial charge in [-0.25, -0.2) is 0 Å². The molecule has 22 heavy (non-hydrogen) atoms. The van der Waals surface area contributed by atoms with Crippen LogP contribution in [0.15, 0.2) is 35.2 Å². The van der Waals surface area contributed by atoms with E-state index in [9.17, 15) is 4.79 Å². The summed E-state index contributed by atoms with van der Waals surface area (Å²) in [5.74, 6) is 1.34. The lowest BCUT2D eigenvalue weighted by molar-refractivity contribution is -0.122. The lowest BCUT2D eigenvalue weighted by atomic mass is 10.3. The van der Waals surface area contributed by atoms with Gasteiger partial charge in [-0.1, -0.05) is 18.2 Å². The van der Waals surface area contributed by atoms with E-state index in [1.54, 1.807) is 0 Å². The molecule has 0 bridgehead atoms. The highest BCUT2D eigenvalue weighted by atomic mass is 32.2. The third-order valence-corrected chi connectivity index (χ3v) is 5.19. The van der Waals surface area contributed by atoms with Gasteiger partial charge in [-0.15, -0.1) is 11.8 Å². The fourth-order valence-electron chi connectivity index (χ4n) is 2.68. The second-order valence-electron chi connectivity index (χ2n) is 6.12. The normalized spacial score (nSPS) is 20.0. The summed E-state index contributed by atoms with van der Waals surface area (Å²) in [6, 6.07) is 11.1. The number of carbonyl (C=O) groups is 1. The molecular weight excluding hydrogens is 294 g/mol. The average molecular weight is 319 g/mol. The lowest BCUT2D eigenvalue weighted by Crippen LogP contribution is -2.50. The Morgan fingerprint density at radius 1 is 1.09 bits per heavy atom. The minimum atomic E-state index is 0.204. The van der Waals surface area contributed by atoms with Crippen LogP contribution in [0.25, 0.3) is 0 Å². The molecule has 0 atom stereocenters. The monoisotopic (exact) mass is 319 g/mol. The smallest absolute Gasteiger partial charge is 0.234 e. The molecular formula is C17H25N3OS. The van der Waals surface area contributed by atoms with Crippen LogP contribution in [0.2, 0.25) is 0 Å². The van der Waals surface area contributed by atoms with Crippen LogP contribution in [-0.4, -0.2) is 66.8 Å². The largest absolute Gasteiger partial charge is 0.352 e. The molecule has 3 rings (SSSR count). The van der Waals surface area contributed by atoms with Gasteiger partial charge < -0.3 is 5.32 Å². The summed E-state index contributed by atoms with van der Waals surface area (Å²) in [4.78, 5) is 17.9. The maximum absolute atomic E-state index is 11.8. The molecule has 1 saturated heterocycles. The van der Waals surface area contributed by atoms with Crippen molar-refractivity contribution >= 4 is 17.7 Å². The van der Waals surface area contributed by atoms with Crippen molar-refractivity contribution in [2.45, 2.75) is 23.8 Å². The van der Waals surface area contributed by atoms with Gasteiger partial charge in [0.1, 0.15) is 0 Å². The summed E-state index contributed by atoms with van der Waals surface area (Å²) in [6.45, 7) is 5.87. The number of thioether (sulfide) groups is 1. The Labute approximate surface area is 137 Å². The number of amides is 1. The molecule has 1 amide bonds. The molecule has 0 unspecified atom stereocenters. The molecule has 0 spiro atoms. The van der Waals surface area contributed by atoms with Crippen LogP contribution in [0, 0.1) is 0 Å². The van der Waals surface area contributed by atoms with Crippen molar-refractivity contribution in [2.24, 2.45) is 0 Å². The second-order valence-corrected chi connectivity index (χ2v) is 7.29. The molecule has 1 aromatic carbocycles. The van der Waals surface area contributed by atoms with Crippen LogP contribution in [0.4, 0.5) is 0 Å². The van der Waals surface area contributed by atoms with Crippen molar-refractivity contribution in [1.29, 1.82) is 0 Å². The third kappa shape index (κ3) is 5.30. The fourth-order valence-corrected chi connectivity index (χ4v) is 3.62. The highest BCUT2D eigenvalue weighted by Crippen LogP contribution is 2.19. The average Bonchev–Trinajstić information content (AvgIpc) is 3.34. The van der Waals surface area contributed by atoms with Crippen molar-refractivity contribution in [1.82, 2.24) is 15.1 Å². The first-order chi connectivity index (χ1) is 10.8. The summed E-state index contributed by atoms with van der Waals surface area (Å²) >= 11 is 1.92. The van der Waals surface area contributed by atoms with Crippen LogP contribution in [0.1, 0.15) is 12.8 Å². The first-order valence-corrected chi connectivity index (χ1v) is 9.20. The molecule has 2 aliphatic rings. The molecule has 2 fully saturated rings. The number of piperazine rings is 1. The molecule has 5 heteroatoms. The summed E-state index contributed by atoms with van der Waals surface area (Å²) in [7, 11) is 0. The van der Waals surface area contributed by atoms with Crippen LogP contribution in [-0.2, 0) is 4.79 Å². The van der Waals surface area contributed by atoms with E-state index in [2.05, 4.69) is 45.4 Å². The number of nitrogens with zero attached hydrogens (tertiary/aromatic N) is 2. The van der Waals surface area contributed by atoms with E-state index in [0.29, 0.717) is 12.6 Å². The first kappa shape index (κ1) is 15.8. The van der Waals surface area contributed by atoms with Gasteiger partial charge in [0.25, 0.3) is 0 Å². The zero-order valence-corrected chi connectivity index (χ0v) is 13.9. The van der Waals surface area contributed by atoms with Crippen LogP contribution in [0.3, 0.4) is 0 Å². The molecule has 1 N–H and O–H groups in total. The van der Waals surface area contributed by atoms with Crippen molar-refractivity contribution < 1.29 is 4.79 Å². The van der Waals surface area contributed by atoms with E-state index in [1.807, 2.05) is 11.8 Å². The highest BCUT2D eigenvalue weighted by molar-refractivity contribution is 7.99. The number of benzene rings is 1. The van der Waals surface area contributed by atoms with E-state index in [0.717, 1.165) is 38.5 Å². The van der Waals surface area contributed by atoms with E-state index in [1.165, 1.54) is 17.7 Å². The van der Waals surface area contributed by atoms with Gasteiger partial charge in [0, 0.05) is 49.4 Å². The topological polar surface area (TPSA) is 35.6 Å². The molecule has 1 saturated carbocycles. The Kier molecular flexibility index (Phi) is 5.76. The minimum Gasteiger partial charge on any atom is -0.352 e. The Morgan fingerprint density at radius 2 is 1.77 bits per heavy atom. The predicted molar refractivity (Wildman–Crippen MR) is 91.2 cm³/mol. The highest BCUT2D eigenvalue weighted by Gasteiger charge is 2.25. The molecule has 1 aliphatic carbocycles. The Morgan fingerprint density at radius 3 is 2.45 bits per heavy atom. The Bertz CT molecular complexity index is 470. The van der Waals surface area contributed by atoms with E-state index in [-0.39, 0.29) is 5.91 Å². The van der Waals surface area contributed by atoms with Gasteiger partial charge in [0.05, 0.1) is 6.54 Å². The SMILES string of the molecule is O=C(CN1CCN(CCSc2ccccc2)CC1)NC1CC1. The fraction of sp³-hybridized carbons (Fsp3) is 0.588. The predicted octanol–water partition coefficient (Wildman–Crippen LogP) is 1.67. The first-order valence-electron chi connectivity index (χ1n) is 8.21. The molecule has 4 nitrogen and oxygen atoms in total. The molecule has 120 valence electrons. The maximum atomic E-state index is 11.8. The van der Waals surface area contributed by atoms with E-state index in [4.69, 9.17) is 0 Å². The minimum absolute atomic E-state index is 0.204.